The van der Waals surface area contributed by atoms with Gasteiger partial charge in [0, 0.05) is 23.7 Å². The number of aryl methyl sites for hydroxylation is 1. The van der Waals surface area contributed by atoms with Gasteiger partial charge in [0.1, 0.15) is 18.2 Å². The van der Waals surface area contributed by atoms with Crippen molar-refractivity contribution in [1.82, 2.24) is 15.1 Å². The Labute approximate surface area is 153 Å². The molecule has 1 aliphatic heterocycles. The number of aromatic nitrogens is 2. The van der Waals surface area contributed by atoms with E-state index in [-0.39, 0.29) is 12.4 Å². The van der Waals surface area contributed by atoms with Crippen molar-refractivity contribution in [3.05, 3.63) is 35.4 Å². The Kier molecular flexibility index (Phi) is 5.71. The molecule has 1 atom stereocenters. The molecular formula is C20H24N4O2. The van der Waals surface area contributed by atoms with Crippen LogP contribution in [0.25, 0.3) is 11.3 Å². The van der Waals surface area contributed by atoms with Crippen molar-refractivity contribution in [2.45, 2.75) is 25.8 Å². The van der Waals surface area contributed by atoms with Gasteiger partial charge in [-0.05, 0) is 63.2 Å². The Hall–Kier alpha value is -2.62. The fraction of sp³-hybridized carbons (Fsp3) is 0.400. The van der Waals surface area contributed by atoms with Crippen LogP contribution in [0.4, 0.5) is 5.82 Å². The highest BCUT2D eigenvalue weighted by atomic mass is 16.3. The Morgan fingerprint density at radius 1 is 1.31 bits per heavy atom. The van der Waals surface area contributed by atoms with E-state index < -0.39 is 0 Å². The molecule has 2 heterocycles. The maximum Gasteiger partial charge on any atom is 0.149 e. The number of aromatic hydroxyl groups is 1. The average molecular weight is 352 g/mol. The van der Waals surface area contributed by atoms with Gasteiger partial charge in [-0.2, -0.15) is 0 Å². The number of anilines is 1. The molecule has 1 aliphatic rings. The summed E-state index contributed by atoms with van der Waals surface area (Å²) in [4.78, 5) is 2.31. The van der Waals surface area contributed by atoms with E-state index in [1.165, 1.54) is 6.42 Å². The van der Waals surface area contributed by atoms with Gasteiger partial charge in [-0.15, -0.1) is 10.2 Å². The normalized spacial score (nSPS) is 17.4. The standard InChI is InChI=1S/C20H24N4O2/c1-14-11-19(21-16-6-3-9-24(2)13-16)22-23-20(14)17-8-7-15(5-4-10-25)12-18(17)26/h7-8,11-12,16,25-26H,3,6,9-10,13H2,1-2H3,(H,21,22)/t16-/m1/s1. The van der Waals surface area contributed by atoms with E-state index >= 15 is 0 Å². The maximum absolute atomic E-state index is 10.3. The number of hydrogen-bond acceptors (Lipinski definition) is 6. The van der Waals surface area contributed by atoms with E-state index in [1.807, 2.05) is 13.0 Å². The first-order chi connectivity index (χ1) is 12.6. The van der Waals surface area contributed by atoms with Gasteiger partial charge in [-0.3, -0.25) is 0 Å². The number of phenolic OH excluding ortho intramolecular Hbond substituents is 1. The predicted octanol–water partition coefficient (Wildman–Crippen LogP) is 2.01. The molecule has 6 heteroatoms. The molecule has 0 unspecified atom stereocenters. The van der Waals surface area contributed by atoms with Gasteiger partial charge in [0.25, 0.3) is 0 Å². The SMILES string of the molecule is Cc1cc(N[C@@H]2CCCN(C)C2)nnc1-c1ccc(C#CCO)cc1O. The molecule has 0 amide bonds. The second-order valence-electron chi connectivity index (χ2n) is 6.70. The number of benzene rings is 1. The minimum Gasteiger partial charge on any atom is -0.507 e. The lowest BCUT2D eigenvalue weighted by Crippen LogP contribution is -2.39. The summed E-state index contributed by atoms with van der Waals surface area (Å²) in [6, 6.07) is 7.49. The Bertz CT molecular complexity index is 841. The van der Waals surface area contributed by atoms with Crippen LogP contribution in [0.2, 0.25) is 0 Å². The number of likely N-dealkylation sites (tertiary alicyclic amines) is 1. The molecule has 136 valence electrons. The first-order valence-electron chi connectivity index (χ1n) is 8.79. The van der Waals surface area contributed by atoms with Crippen LogP contribution >= 0.6 is 0 Å². The molecule has 26 heavy (non-hydrogen) atoms. The summed E-state index contributed by atoms with van der Waals surface area (Å²) in [5.74, 6) is 6.20. The molecule has 1 aromatic heterocycles. The zero-order valence-corrected chi connectivity index (χ0v) is 15.2. The Morgan fingerprint density at radius 2 is 2.15 bits per heavy atom. The van der Waals surface area contributed by atoms with Crippen molar-refractivity contribution < 1.29 is 10.2 Å². The van der Waals surface area contributed by atoms with Gasteiger partial charge < -0.3 is 20.4 Å². The van der Waals surface area contributed by atoms with Crippen LogP contribution in [-0.4, -0.2) is 58.1 Å². The van der Waals surface area contributed by atoms with Crippen molar-refractivity contribution in [3.63, 3.8) is 0 Å². The van der Waals surface area contributed by atoms with Gasteiger partial charge in [0.05, 0.1) is 5.69 Å². The lowest BCUT2D eigenvalue weighted by Gasteiger charge is -2.30. The largest absolute Gasteiger partial charge is 0.507 e. The zero-order valence-electron chi connectivity index (χ0n) is 15.2. The van der Waals surface area contributed by atoms with Gasteiger partial charge in [0.15, 0.2) is 0 Å². The third-order valence-electron chi connectivity index (χ3n) is 4.53. The van der Waals surface area contributed by atoms with Gasteiger partial charge in [0.2, 0.25) is 0 Å². The Balaban J connectivity index is 1.79. The smallest absolute Gasteiger partial charge is 0.149 e. The summed E-state index contributed by atoms with van der Waals surface area (Å²) < 4.78 is 0. The van der Waals surface area contributed by atoms with E-state index in [1.54, 1.807) is 18.2 Å². The topological polar surface area (TPSA) is 81.5 Å². The van der Waals surface area contributed by atoms with E-state index in [0.29, 0.717) is 22.9 Å². The number of nitrogens with zero attached hydrogens (tertiary/aromatic N) is 3. The quantitative estimate of drug-likeness (QED) is 0.733. The number of rotatable bonds is 3. The molecule has 0 radical (unpaired) electrons. The first-order valence-corrected chi connectivity index (χ1v) is 8.79. The molecule has 1 fully saturated rings. The molecule has 6 nitrogen and oxygen atoms in total. The van der Waals surface area contributed by atoms with Crippen molar-refractivity contribution in [2.75, 3.05) is 32.1 Å². The molecule has 1 aromatic carbocycles. The van der Waals surface area contributed by atoms with Gasteiger partial charge in [-0.1, -0.05) is 11.8 Å². The van der Waals surface area contributed by atoms with E-state index in [0.717, 1.165) is 30.9 Å². The number of piperidine rings is 1. The molecule has 0 aliphatic carbocycles. The van der Waals surface area contributed by atoms with Gasteiger partial charge in [-0.25, -0.2) is 0 Å². The third-order valence-corrected chi connectivity index (χ3v) is 4.53. The molecule has 1 saturated heterocycles. The van der Waals surface area contributed by atoms with Crippen molar-refractivity contribution in [2.24, 2.45) is 0 Å². The van der Waals surface area contributed by atoms with Crippen LogP contribution in [0.3, 0.4) is 0 Å². The highest BCUT2D eigenvalue weighted by Gasteiger charge is 2.18. The highest BCUT2D eigenvalue weighted by molar-refractivity contribution is 5.71. The van der Waals surface area contributed by atoms with E-state index in [2.05, 4.69) is 39.3 Å². The van der Waals surface area contributed by atoms with Crippen LogP contribution in [0.5, 0.6) is 5.75 Å². The monoisotopic (exact) mass is 352 g/mol. The van der Waals surface area contributed by atoms with Crippen LogP contribution in [0, 0.1) is 18.8 Å². The number of hydrogen-bond donors (Lipinski definition) is 3. The Morgan fingerprint density at radius 3 is 2.85 bits per heavy atom. The summed E-state index contributed by atoms with van der Waals surface area (Å²) in [7, 11) is 2.13. The molecule has 2 aromatic rings. The average Bonchev–Trinajstić information content (AvgIpc) is 2.61. The molecule has 0 saturated carbocycles. The fourth-order valence-corrected chi connectivity index (χ4v) is 3.27. The summed E-state index contributed by atoms with van der Waals surface area (Å²) in [6.45, 7) is 3.89. The summed E-state index contributed by atoms with van der Waals surface area (Å²) in [5.41, 5.74) is 2.85. The fourth-order valence-electron chi connectivity index (χ4n) is 3.27. The summed E-state index contributed by atoms with van der Waals surface area (Å²) >= 11 is 0. The van der Waals surface area contributed by atoms with Gasteiger partial charge >= 0.3 is 0 Å². The van der Waals surface area contributed by atoms with Crippen molar-refractivity contribution >= 4 is 5.82 Å². The lowest BCUT2D eigenvalue weighted by molar-refractivity contribution is 0.260. The van der Waals surface area contributed by atoms with E-state index in [4.69, 9.17) is 5.11 Å². The maximum atomic E-state index is 10.3. The highest BCUT2D eigenvalue weighted by Crippen LogP contribution is 2.31. The van der Waals surface area contributed by atoms with Crippen molar-refractivity contribution in [1.29, 1.82) is 0 Å². The molecule has 0 bridgehead atoms. The van der Waals surface area contributed by atoms with Crippen LogP contribution in [-0.2, 0) is 0 Å². The van der Waals surface area contributed by atoms with Crippen LogP contribution in [0.1, 0.15) is 24.0 Å². The molecular weight excluding hydrogens is 328 g/mol. The number of phenols is 1. The first kappa shape index (κ1) is 18.2. The predicted molar refractivity (Wildman–Crippen MR) is 102 cm³/mol. The third kappa shape index (κ3) is 4.31. The molecule has 3 N–H and O–H groups in total. The second kappa shape index (κ2) is 8.17. The minimum atomic E-state index is -0.210. The van der Waals surface area contributed by atoms with E-state index in [9.17, 15) is 5.11 Å². The summed E-state index contributed by atoms with van der Waals surface area (Å²) in [6.07, 6.45) is 2.31. The molecule has 3 rings (SSSR count). The summed E-state index contributed by atoms with van der Waals surface area (Å²) in [5, 5.41) is 31.1. The second-order valence-corrected chi connectivity index (χ2v) is 6.70. The number of nitrogens with one attached hydrogen (secondary N) is 1. The van der Waals surface area contributed by atoms with Crippen LogP contribution < -0.4 is 5.32 Å². The zero-order chi connectivity index (χ0) is 18.5. The lowest BCUT2D eigenvalue weighted by atomic mass is 10.0. The van der Waals surface area contributed by atoms with Crippen LogP contribution in [0.15, 0.2) is 24.3 Å². The number of aliphatic hydroxyl groups is 1. The molecule has 0 spiro atoms. The minimum absolute atomic E-state index is 0.0988. The number of aliphatic hydroxyl groups excluding tert-OH is 1. The number of likely N-dealkylation sites (N-methyl/N-ethyl adjacent to an activating group) is 1. The van der Waals surface area contributed by atoms with Crippen molar-refractivity contribution in [3.8, 4) is 28.8 Å².